The minimum Gasteiger partial charge on any atom is -0.506 e. The lowest BCUT2D eigenvalue weighted by Crippen LogP contribution is -2.18. The van der Waals surface area contributed by atoms with Crippen molar-refractivity contribution in [3.8, 4) is 5.75 Å². The average Bonchev–Trinajstić information content (AvgIpc) is 2.45. The van der Waals surface area contributed by atoms with Crippen molar-refractivity contribution in [3.63, 3.8) is 0 Å². The third kappa shape index (κ3) is 4.03. The fourth-order valence-electron chi connectivity index (χ4n) is 1.44. The van der Waals surface area contributed by atoms with Crippen LogP contribution in [-0.4, -0.2) is 22.2 Å². The lowest BCUT2D eigenvalue weighted by molar-refractivity contribution is 0.0955. The van der Waals surface area contributed by atoms with Gasteiger partial charge in [0, 0.05) is 6.20 Å². The Balaban J connectivity index is 2.10. The molecule has 1 aromatic carbocycles. The van der Waals surface area contributed by atoms with E-state index < -0.39 is 5.91 Å². The van der Waals surface area contributed by atoms with Crippen molar-refractivity contribution >= 4 is 55.6 Å². The third-order valence-electron chi connectivity index (χ3n) is 2.42. The normalized spacial score (nSPS) is 10.8. The Morgan fingerprint density at radius 3 is 2.67 bits per heavy atom. The van der Waals surface area contributed by atoms with Crippen LogP contribution in [0.25, 0.3) is 0 Å². The Bertz CT molecular complexity index is 699. The number of carbonyl (C=O) groups is 1. The van der Waals surface area contributed by atoms with Crippen LogP contribution in [0.15, 0.2) is 44.5 Å². The van der Waals surface area contributed by atoms with Crippen molar-refractivity contribution in [2.24, 2.45) is 5.10 Å². The van der Waals surface area contributed by atoms with Crippen LogP contribution in [0.2, 0.25) is 5.15 Å². The van der Waals surface area contributed by atoms with Crippen LogP contribution in [0.4, 0.5) is 0 Å². The third-order valence-corrected chi connectivity index (χ3v) is 3.93. The lowest BCUT2D eigenvalue weighted by Gasteiger charge is -2.03. The van der Waals surface area contributed by atoms with Crippen molar-refractivity contribution in [2.75, 3.05) is 0 Å². The molecule has 1 amide bonds. The summed E-state index contributed by atoms with van der Waals surface area (Å²) < 4.78 is 1.03. The summed E-state index contributed by atoms with van der Waals surface area (Å²) >= 11 is 12.2. The van der Waals surface area contributed by atoms with Gasteiger partial charge in [0.25, 0.3) is 5.91 Å². The van der Waals surface area contributed by atoms with Gasteiger partial charge in [-0.25, -0.2) is 10.4 Å². The second-order valence-electron chi connectivity index (χ2n) is 3.87. The van der Waals surface area contributed by atoms with Crippen molar-refractivity contribution in [3.05, 3.63) is 55.7 Å². The zero-order valence-corrected chi connectivity index (χ0v) is 14.3. The van der Waals surface area contributed by atoms with Gasteiger partial charge >= 0.3 is 0 Å². The number of hydrogen-bond acceptors (Lipinski definition) is 4. The monoisotopic (exact) mass is 431 g/mol. The summed E-state index contributed by atoms with van der Waals surface area (Å²) in [6.07, 6.45) is 2.94. The molecule has 0 atom stereocenters. The Labute approximate surface area is 142 Å². The summed E-state index contributed by atoms with van der Waals surface area (Å²) in [7, 11) is 0. The van der Waals surface area contributed by atoms with Crippen LogP contribution in [0.5, 0.6) is 5.75 Å². The molecule has 0 aliphatic rings. The smallest absolute Gasteiger partial charge is 0.274 e. The molecule has 0 radical (unpaired) electrons. The van der Waals surface area contributed by atoms with Gasteiger partial charge in [0.2, 0.25) is 0 Å². The molecule has 108 valence electrons. The molecule has 2 rings (SSSR count). The minimum atomic E-state index is -0.457. The van der Waals surface area contributed by atoms with E-state index in [-0.39, 0.29) is 16.5 Å². The van der Waals surface area contributed by atoms with Crippen molar-refractivity contribution in [2.45, 2.75) is 0 Å². The predicted molar refractivity (Wildman–Crippen MR) is 87.8 cm³/mol. The highest BCUT2D eigenvalue weighted by atomic mass is 79.9. The van der Waals surface area contributed by atoms with Gasteiger partial charge in [0.05, 0.1) is 20.7 Å². The number of aromatic nitrogens is 1. The molecule has 0 unspecified atom stereocenters. The van der Waals surface area contributed by atoms with E-state index in [4.69, 9.17) is 11.6 Å². The zero-order valence-electron chi connectivity index (χ0n) is 10.3. The van der Waals surface area contributed by atoms with Gasteiger partial charge in [0.1, 0.15) is 10.9 Å². The summed E-state index contributed by atoms with van der Waals surface area (Å²) in [5.41, 5.74) is 3.28. The number of nitrogens with zero attached hydrogens (tertiary/aromatic N) is 2. The van der Waals surface area contributed by atoms with E-state index in [1.165, 1.54) is 12.4 Å². The molecule has 5 nitrogen and oxygen atoms in total. The average molecular weight is 433 g/mol. The molecule has 0 spiro atoms. The van der Waals surface area contributed by atoms with Crippen LogP contribution in [0.1, 0.15) is 15.9 Å². The molecule has 0 saturated heterocycles. The van der Waals surface area contributed by atoms with Crippen LogP contribution in [-0.2, 0) is 0 Å². The SMILES string of the molecule is O=C(N/N=C/c1cc(Br)c(O)c(Br)c1)c1cccnc1Cl. The summed E-state index contributed by atoms with van der Waals surface area (Å²) in [5.74, 6) is -0.361. The first-order valence-corrected chi connectivity index (χ1v) is 7.57. The predicted octanol–water partition coefficient (Wildman–Crippen LogP) is 3.73. The van der Waals surface area contributed by atoms with Crippen molar-refractivity contribution < 1.29 is 9.90 Å². The Morgan fingerprint density at radius 2 is 2.05 bits per heavy atom. The number of hydrazone groups is 1. The van der Waals surface area contributed by atoms with E-state index in [9.17, 15) is 9.90 Å². The fourth-order valence-corrected chi connectivity index (χ4v) is 2.87. The number of aromatic hydroxyl groups is 1. The Kier molecular flexibility index (Phi) is 5.33. The highest BCUT2D eigenvalue weighted by Crippen LogP contribution is 2.32. The summed E-state index contributed by atoms with van der Waals surface area (Å²) in [6, 6.07) is 6.48. The number of benzene rings is 1. The van der Waals surface area contributed by atoms with Crippen LogP contribution in [0, 0.1) is 0 Å². The number of carbonyl (C=O) groups excluding carboxylic acids is 1. The largest absolute Gasteiger partial charge is 0.506 e. The van der Waals surface area contributed by atoms with Gasteiger partial charge in [-0.15, -0.1) is 0 Å². The molecule has 8 heteroatoms. The van der Waals surface area contributed by atoms with Gasteiger partial charge in [-0.3, -0.25) is 4.79 Å². The molecule has 0 aliphatic heterocycles. The first-order valence-electron chi connectivity index (χ1n) is 5.61. The minimum absolute atomic E-state index is 0.0957. The van der Waals surface area contributed by atoms with Gasteiger partial charge in [0.15, 0.2) is 0 Å². The number of hydrogen-bond donors (Lipinski definition) is 2. The number of pyridine rings is 1. The van der Waals surface area contributed by atoms with E-state index in [1.54, 1.807) is 24.3 Å². The van der Waals surface area contributed by atoms with Crippen LogP contribution in [0.3, 0.4) is 0 Å². The molecule has 0 saturated carbocycles. The highest BCUT2D eigenvalue weighted by Gasteiger charge is 2.09. The zero-order chi connectivity index (χ0) is 15.4. The van der Waals surface area contributed by atoms with Gasteiger partial charge in [-0.1, -0.05) is 11.6 Å². The van der Waals surface area contributed by atoms with Crippen LogP contribution < -0.4 is 5.43 Å². The van der Waals surface area contributed by atoms with Crippen LogP contribution >= 0.6 is 43.5 Å². The van der Waals surface area contributed by atoms with Crippen molar-refractivity contribution in [1.29, 1.82) is 0 Å². The summed E-state index contributed by atoms with van der Waals surface area (Å²) in [6.45, 7) is 0. The molecule has 0 bridgehead atoms. The Morgan fingerprint density at radius 1 is 1.38 bits per heavy atom. The number of phenolic OH excluding ortho intramolecular Hbond substituents is 1. The van der Waals surface area contributed by atoms with Gasteiger partial charge in [-0.05, 0) is 61.7 Å². The molecule has 1 heterocycles. The highest BCUT2D eigenvalue weighted by molar-refractivity contribution is 9.11. The second kappa shape index (κ2) is 7.02. The quantitative estimate of drug-likeness (QED) is 0.440. The fraction of sp³-hybridized carbons (Fsp3) is 0. The molecule has 21 heavy (non-hydrogen) atoms. The summed E-state index contributed by atoms with van der Waals surface area (Å²) in [4.78, 5) is 15.6. The first kappa shape index (κ1) is 15.9. The molecule has 0 fully saturated rings. The molecule has 2 N–H and O–H groups in total. The maximum Gasteiger partial charge on any atom is 0.274 e. The maximum atomic E-state index is 11.8. The number of nitrogens with one attached hydrogen (secondary N) is 1. The second-order valence-corrected chi connectivity index (χ2v) is 5.94. The van der Waals surface area contributed by atoms with Crippen molar-refractivity contribution in [1.82, 2.24) is 10.4 Å². The molecular formula is C13H8Br2ClN3O2. The van der Waals surface area contributed by atoms with E-state index in [0.29, 0.717) is 14.5 Å². The van der Waals surface area contributed by atoms with Gasteiger partial charge < -0.3 is 5.11 Å². The number of amides is 1. The van der Waals surface area contributed by atoms with E-state index in [0.717, 1.165) is 0 Å². The summed E-state index contributed by atoms with van der Waals surface area (Å²) in [5, 5.41) is 13.5. The standard InChI is InChI=1S/C13H8Br2ClN3O2/c14-9-4-7(5-10(15)11(9)20)6-18-19-13(21)8-2-1-3-17-12(8)16/h1-6,20H,(H,19,21)/b18-6+. The van der Waals surface area contributed by atoms with E-state index in [1.807, 2.05) is 0 Å². The Hall–Kier alpha value is -1.44. The van der Waals surface area contributed by atoms with E-state index in [2.05, 4.69) is 47.4 Å². The number of phenols is 1. The lowest BCUT2D eigenvalue weighted by atomic mass is 10.2. The topological polar surface area (TPSA) is 74.6 Å². The van der Waals surface area contributed by atoms with E-state index >= 15 is 0 Å². The molecule has 2 aromatic rings. The van der Waals surface area contributed by atoms with Gasteiger partial charge in [-0.2, -0.15) is 5.10 Å². The molecule has 1 aromatic heterocycles. The molecule has 0 aliphatic carbocycles. The number of halogens is 3. The molecular weight excluding hydrogens is 425 g/mol. The first-order chi connectivity index (χ1) is 9.99. The maximum absolute atomic E-state index is 11.8. The number of rotatable bonds is 3.